The Hall–Kier alpha value is -2.05. The van der Waals surface area contributed by atoms with Gasteiger partial charge in [0.05, 0.1) is 10.7 Å². The molecule has 32 heavy (non-hydrogen) atoms. The van der Waals surface area contributed by atoms with Gasteiger partial charge in [-0.2, -0.15) is 0 Å². The third kappa shape index (κ3) is 4.96. The van der Waals surface area contributed by atoms with Gasteiger partial charge in [0, 0.05) is 34.4 Å². The van der Waals surface area contributed by atoms with Crippen LogP contribution in [0.2, 0.25) is 15.1 Å². The minimum Gasteiger partial charge on any atom is -0.296 e. The summed E-state index contributed by atoms with van der Waals surface area (Å²) in [7, 11) is 0. The van der Waals surface area contributed by atoms with Gasteiger partial charge in [-0.25, -0.2) is 9.99 Å². The summed E-state index contributed by atoms with van der Waals surface area (Å²) in [6.45, 7) is 5.81. The molecule has 0 aliphatic carbocycles. The van der Waals surface area contributed by atoms with Crippen molar-refractivity contribution in [2.45, 2.75) is 33.1 Å². The van der Waals surface area contributed by atoms with Gasteiger partial charge in [0.2, 0.25) is 0 Å². The quantitative estimate of drug-likeness (QED) is 0.449. The lowest BCUT2D eigenvalue weighted by molar-refractivity contribution is 0.0787. The van der Waals surface area contributed by atoms with Crippen LogP contribution in [0.3, 0.4) is 0 Å². The lowest BCUT2D eigenvalue weighted by atomic mass is 10.0. The van der Waals surface area contributed by atoms with Crippen molar-refractivity contribution in [2.75, 3.05) is 13.1 Å². The molecule has 3 aromatic rings. The van der Waals surface area contributed by atoms with Gasteiger partial charge >= 0.3 is 0 Å². The molecule has 0 spiro atoms. The van der Waals surface area contributed by atoms with Gasteiger partial charge < -0.3 is 0 Å². The van der Waals surface area contributed by atoms with E-state index in [-0.39, 0.29) is 5.91 Å². The Morgan fingerprint density at radius 1 is 1.03 bits per heavy atom. The number of hydrogen-bond donors (Lipinski definition) is 1. The Kier molecular flexibility index (Phi) is 7.11. The summed E-state index contributed by atoms with van der Waals surface area (Å²) in [6.07, 6.45) is 3.30. The van der Waals surface area contributed by atoms with Crippen molar-refractivity contribution in [3.05, 3.63) is 68.9 Å². The fourth-order valence-corrected chi connectivity index (χ4v) is 4.66. The van der Waals surface area contributed by atoms with Gasteiger partial charge in [-0.15, -0.1) is 0 Å². The van der Waals surface area contributed by atoms with Crippen LogP contribution in [0.25, 0.3) is 17.1 Å². The zero-order chi connectivity index (χ0) is 22.8. The number of aromatic nitrogens is 2. The highest BCUT2D eigenvalue weighted by Gasteiger charge is 2.25. The van der Waals surface area contributed by atoms with Crippen molar-refractivity contribution in [1.29, 1.82) is 0 Å². The largest absolute Gasteiger partial charge is 0.296 e. The molecular weight excluding hydrogens is 467 g/mol. The highest BCUT2D eigenvalue weighted by Crippen LogP contribution is 2.33. The SMILES string of the molecule is Cc1c(C(=O)NN2CCCC(C)CC2)nc(-c2ccc(Cl)cc2Cl)n1-c1ccc(Cl)cc1. The maximum absolute atomic E-state index is 13.2. The summed E-state index contributed by atoms with van der Waals surface area (Å²) in [5.74, 6) is 1.01. The molecule has 2 aromatic carbocycles. The number of carbonyl (C=O) groups is 1. The van der Waals surface area contributed by atoms with Gasteiger partial charge in [-0.1, -0.05) is 41.7 Å². The Morgan fingerprint density at radius 3 is 2.47 bits per heavy atom. The molecule has 0 bridgehead atoms. The predicted molar refractivity (Wildman–Crippen MR) is 131 cm³/mol. The summed E-state index contributed by atoms with van der Waals surface area (Å²) in [6, 6.07) is 12.6. The molecular formula is C24H25Cl3N4O. The van der Waals surface area contributed by atoms with Crippen LogP contribution in [-0.2, 0) is 0 Å². The molecule has 1 atom stereocenters. The van der Waals surface area contributed by atoms with Crippen LogP contribution in [0, 0.1) is 12.8 Å². The first-order valence-corrected chi connectivity index (χ1v) is 11.8. The molecule has 0 radical (unpaired) electrons. The Balaban J connectivity index is 1.75. The van der Waals surface area contributed by atoms with Crippen LogP contribution in [-0.4, -0.2) is 33.6 Å². The third-order valence-electron chi connectivity index (χ3n) is 5.86. The number of imidazole rings is 1. The topological polar surface area (TPSA) is 50.2 Å². The highest BCUT2D eigenvalue weighted by molar-refractivity contribution is 6.36. The van der Waals surface area contributed by atoms with Crippen molar-refractivity contribution in [3.8, 4) is 17.1 Å². The molecule has 1 N–H and O–H groups in total. The molecule has 8 heteroatoms. The zero-order valence-corrected chi connectivity index (χ0v) is 20.3. The standard InChI is InChI=1S/C24H25Cl3N4O/c1-15-4-3-12-30(13-11-15)29-24(32)22-16(2)31(19-8-5-17(25)6-9-19)23(28-22)20-10-7-18(26)14-21(20)27/h5-10,14-15H,3-4,11-13H2,1-2H3,(H,29,32). The molecule has 5 nitrogen and oxygen atoms in total. The number of amides is 1. The molecule has 2 heterocycles. The van der Waals surface area contributed by atoms with E-state index in [2.05, 4.69) is 12.3 Å². The molecule has 1 aromatic heterocycles. The van der Waals surface area contributed by atoms with Crippen molar-refractivity contribution in [3.63, 3.8) is 0 Å². The normalized spacial score (nSPS) is 17.2. The summed E-state index contributed by atoms with van der Waals surface area (Å²) < 4.78 is 1.92. The average Bonchev–Trinajstić information content (AvgIpc) is 2.95. The number of hydrazine groups is 1. The first-order chi connectivity index (χ1) is 15.3. The molecule has 4 rings (SSSR count). The zero-order valence-electron chi connectivity index (χ0n) is 18.0. The van der Waals surface area contributed by atoms with E-state index < -0.39 is 0 Å². The summed E-state index contributed by atoms with van der Waals surface area (Å²) in [4.78, 5) is 18.0. The minimum atomic E-state index is -0.226. The molecule has 1 aliphatic heterocycles. The van der Waals surface area contributed by atoms with E-state index in [1.54, 1.807) is 12.1 Å². The molecule has 1 unspecified atom stereocenters. The van der Waals surface area contributed by atoms with E-state index in [4.69, 9.17) is 39.8 Å². The van der Waals surface area contributed by atoms with E-state index >= 15 is 0 Å². The molecule has 1 saturated heterocycles. The molecule has 1 fully saturated rings. The predicted octanol–water partition coefficient (Wildman–Crippen LogP) is 6.57. The second-order valence-corrected chi connectivity index (χ2v) is 9.55. The Bertz CT molecular complexity index is 1130. The van der Waals surface area contributed by atoms with Gasteiger partial charge in [0.1, 0.15) is 5.82 Å². The van der Waals surface area contributed by atoms with E-state index in [0.29, 0.717) is 43.8 Å². The second kappa shape index (κ2) is 9.84. The summed E-state index contributed by atoms with van der Waals surface area (Å²) in [5.41, 5.74) is 5.66. The van der Waals surface area contributed by atoms with Gasteiger partial charge in [0.15, 0.2) is 5.69 Å². The van der Waals surface area contributed by atoms with Crippen LogP contribution in [0.15, 0.2) is 42.5 Å². The maximum atomic E-state index is 13.2. The second-order valence-electron chi connectivity index (χ2n) is 8.27. The number of hydrogen-bond acceptors (Lipinski definition) is 3. The minimum absolute atomic E-state index is 0.226. The summed E-state index contributed by atoms with van der Waals surface area (Å²) in [5, 5.41) is 3.63. The Labute approximate surface area is 203 Å². The van der Waals surface area contributed by atoms with Crippen LogP contribution in [0.5, 0.6) is 0 Å². The number of rotatable bonds is 4. The lowest BCUT2D eigenvalue weighted by Crippen LogP contribution is -2.43. The number of benzene rings is 2. The van der Waals surface area contributed by atoms with Crippen molar-refractivity contribution in [1.82, 2.24) is 20.0 Å². The van der Waals surface area contributed by atoms with Crippen molar-refractivity contribution >= 4 is 40.7 Å². The number of nitrogens with one attached hydrogen (secondary N) is 1. The van der Waals surface area contributed by atoms with E-state index in [0.717, 1.165) is 31.6 Å². The van der Waals surface area contributed by atoms with Crippen LogP contribution in [0.1, 0.15) is 42.4 Å². The van der Waals surface area contributed by atoms with Gasteiger partial charge in [-0.3, -0.25) is 14.8 Å². The fourth-order valence-electron chi connectivity index (χ4n) is 4.05. The Morgan fingerprint density at radius 2 is 1.75 bits per heavy atom. The molecule has 1 amide bonds. The first kappa shape index (κ1) is 23.1. The first-order valence-electron chi connectivity index (χ1n) is 10.7. The number of carbonyl (C=O) groups excluding carboxylic acids is 1. The van der Waals surface area contributed by atoms with Gasteiger partial charge in [-0.05, 0) is 74.6 Å². The van der Waals surface area contributed by atoms with E-state index in [1.807, 2.05) is 46.8 Å². The highest BCUT2D eigenvalue weighted by atomic mass is 35.5. The smallest absolute Gasteiger partial charge is 0.286 e. The molecule has 1 aliphatic rings. The third-order valence-corrected chi connectivity index (χ3v) is 6.66. The monoisotopic (exact) mass is 490 g/mol. The van der Waals surface area contributed by atoms with Crippen molar-refractivity contribution in [2.24, 2.45) is 5.92 Å². The van der Waals surface area contributed by atoms with E-state index in [9.17, 15) is 4.79 Å². The average molecular weight is 492 g/mol. The maximum Gasteiger partial charge on any atom is 0.286 e. The number of halogens is 3. The van der Waals surface area contributed by atoms with Gasteiger partial charge in [0.25, 0.3) is 5.91 Å². The lowest BCUT2D eigenvalue weighted by Gasteiger charge is -2.20. The van der Waals surface area contributed by atoms with Crippen LogP contribution < -0.4 is 5.43 Å². The molecule has 0 saturated carbocycles. The van der Waals surface area contributed by atoms with E-state index in [1.165, 1.54) is 6.42 Å². The van der Waals surface area contributed by atoms with Crippen LogP contribution in [0.4, 0.5) is 0 Å². The number of nitrogens with zero attached hydrogens (tertiary/aromatic N) is 3. The molecule has 168 valence electrons. The fraction of sp³-hybridized carbons (Fsp3) is 0.333. The van der Waals surface area contributed by atoms with Crippen molar-refractivity contribution < 1.29 is 4.79 Å². The summed E-state index contributed by atoms with van der Waals surface area (Å²) >= 11 is 18.7. The van der Waals surface area contributed by atoms with Crippen LogP contribution >= 0.6 is 34.8 Å².